The molecule has 0 bridgehead atoms. The molecule has 0 aliphatic carbocycles. The first-order chi connectivity index (χ1) is 10.9. The summed E-state index contributed by atoms with van der Waals surface area (Å²) in [6.07, 6.45) is 0.469. The van der Waals surface area contributed by atoms with Crippen LogP contribution in [0.4, 0.5) is 4.79 Å². The highest BCUT2D eigenvalue weighted by Crippen LogP contribution is 2.30. The molecule has 0 radical (unpaired) electrons. The third-order valence-corrected chi connectivity index (χ3v) is 4.81. The number of hydrogen-bond donors (Lipinski definition) is 1. The van der Waals surface area contributed by atoms with Crippen molar-refractivity contribution in [2.45, 2.75) is 44.5 Å². The van der Waals surface area contributed by atoms with Crippen molar-refractivity contribution in [1.82, 2.24) is 20.0 Å². The van der Waals surface area contributed by atoms with Gasteiger partial charge in [-0.2, -0.15) is 0 Å². The van der Waals surface area contributed by atoms with Crippen molar-refractivity contribution < 1.29 is 19.1 Å². The summed E-state index contributed by atoms with van der Waals surface area (Å²) in [7, 11) is 1.60. The number of rotatable bonds is 2. The fraction of sp³-hybridized carbons (Fsp3) is 0.800. The van der Waals surface area contributed by atoms with Crippen molar-refractivity contribution >= 4 is 17.8 Å². The molecule has 0 aromatic carbocycles. The number of piperazine rings is 2. The first-order valence-electron chi connectivity index (χ1n) is 8.11. The number of methoxy groups -OCH3 is 1. The van der Waals surface area contributed by atoms with E-state index in [1.807, 2.05) is 13.8 Å². The smallest absolute Gasteiger partial charge is 0.317 e. The average molecular weight is 324 g/mol. The van der Waals surface area contributed by atoms with Crippen LogP contribution < -0.4 is 5.32 Å². The fourth-order valence-electron chi connectivity index (χ4n) is 3.61. The average Bonchev–Trinajstić information content (AvgIpc) is 2.96. The first-order valence-corrected chi connectivity index (χ1v) is 8.11. The molecule has 4 amide bonds. The Balaban J connectivity index is 1.74. The van der Waals surface area contributed by atoms with E-state index in [9.17, 15) is 14.4 Å². The van der Waals surface area contributed by atoms with E-state index in [-0.39, 0.29) is 36.5 Å². The van der Waals surface area contributed by atoms with Crippen LogP contribution in [0.2, 0.25) is 0 Å². The standard InChI is InChI=1S/C15H24N4O4/c1-9(2)16-15(22)17-4-5-18-12(8-17)14(21)19-7-10(23-3)6-11(19)13(18)20/h9-12H,4-8H2,1-3H3,(H,16,22). The number of ether oxygens (including phenoxy) is 1. The molecule has 3 aliphatic rings. The van der Waals surface area contributed by atoms with Crippen molar-refractivity contribution in [3.8, 4) is 0 Å². The summed E-state index contributed by atoms with van der Waals surface area (Å²) in [5, 5.41) is 2.84. The Hall–Kier alpha value is -1.83. The molecule has 1 N–H and O–H groups in total. The summed E-state index contributed by atoms with van der Waals surface area (Å²) in [6, 6.07) is -1.12. The zero-order valence-corrected chi connectivity index (χ0v) is 13.8. The Labute approximate surface area is 135 Å². The minimum absolute atomic E-state index is 0.0157. The SMILES string of the molecule is COC1CC2C(=O)N3CCN(C(=O)NC(C)C)CC3C(=O)N2C1. The Kier molecular flexibility index (Phi) is 4.18. The Morgan fingerprint density at radius 3 is 2.48 bits per heavy atom. The fourth-order valence-corrected chi connectivity index (χ4v) is 3.61. The zero-order chi connectivity index (χ0) is 16.7. The minimum atomic E-state index is -0.569. The largest absolute Gasteiger partial charge is 0.380 e. The Morgan fingerprint density at radius 1 is 1.13 bits per heavy atom. The predicted octanol–water partition coefficient (Wildman–Crippen LogP) is -0.753. The topological polar surface area (TPSA) is 82.2 Å². The van der Waals surface area contributed by atoms with Gasteiger partial charge in [-0.3, -0.25) is 9.59 Å². The van der Waals surface area contributed by atoms with Crippen LogP contribution in [0.25, 0.3) is 0 Å². The van der Waals surface area contributed by atoms with E-state index in [1.54, 1.807) is 21.8 Å². The lowest BCUT2D eigenvalue weighted by Gasteiger charge is -2.47. The predicted molar refractivity (Wildman–Crippen MR) is 81.7 cm³/mol. The van der Waals surface area contributed by atoms with Crippen LogP contribution in [0.1, 0.15) is 20.3 Å². The number of carbonyl (C=O) groups is 3. The van der Waals surface area contributed by atoms with Gasteiger partial charge < -0.3 is 24.8 Å². The summed E-state index contributed by atoms with van der Waals surface area (Å²) < 4.78 is 5.32. The number of nitrogens with one attached hydrogen (secondary N) is 1. The molecular weight excluding hydrogens is 300 g/mol. The molecule has 3 saturated heterocycles. The van der Waals surface area contributed by atoms with Gasteiger partial charge in [0.2, 0.25) is 11.8 Å². The number of amides is 4. The number of urea groups is 1. The van der Waals surface area contributed by atoms with E-state index >= 15 is 0 Å². The van der Waals surface area contributed by atoms with Crippen LogP contribution in [0.5, 0.6) is 0 Å². The van der Waals surface area contributed by atoms with E-state index in [0.717, 1.165) is 0 Å². The van der Waals surface area contributed by atoms with Crippen molar-refractivity contribution in [2.75, 3.05) is 33.3 Å². The minimum Gasteiger partial charge on any atom is -0.380 e. The third-order valence-electron chi connectivity index (χ3n) is 4.81. The Bertz CT molecular complexity index is 524. The monoisotopic (exact) mass is 324 g/mol. The maximum absolute atomic E-state index is 12.8. The lowest BCUT2D eigenvalue weighted by molar-refractivity contribution is -0.162. The van der Waals surface area contributed by atoms with E-state index < -0.39 is 12.1 Å². The summed E-state index contributed by atoms with van der Waals surface area (Å²) in [6.45, 7) is 5.35. The van der Waals surface area contributed by atoms with Gasteiger partial charge in [-0.1, -0.05) is 0 Å². The second-order valence-electron chi connectivity index (χ2n) is 6.70. The maximum atomic E-state index is 12.8. The van der Waals surface area contributed by atoms with Gasteiger partial charge in [0.05, 0.1) is 12.6 Å². The first kappa shape index (κ1) is 16.0. The molecule has 3 fully saturated rings. The second kappa shape index (κ2) is 5.99. The molecule has 3 unspecified atom stereocenters. The molecule has 0 aromatic rings. The molecular formula is C15H24N4O4. The molecule has 128 valence electrons. The highest BCUT2D eigenvalue weighted by Gasteiger charge is 2.52. The van der Waals surface area contributed by atoms with Crippen molar-refractivity contribution in [3.63, 3.8) is 0 Å². The number of fused-ring (bicyclic) bond motifs is 2. The van der Waals surface area contributed by atoms with Crippen molar-refractivity contribution in [1.29, 1.82) is 0 Å². The van der Waals surface area contributed by atoms with Crippen LogP contribution in [-0.2, 0) is 14.3 Å². The molecule has 23 heavy (non-hydrogen) atoms. The normalized spacial score (nSPS) is 30.6. The quantitative estimate of drug-likeness (QED) is 0.724. The van der Waals surface area contributed by atoms with Crippen LogP contribution >= 0.6 is 0 Å². The van der Waals surface area contributed by atoms with Crippen LogP contribution in [0, 0.1) is 0 Å². The molecule has 0 aromatic heterocycles. The molecule has 3 rings (SSSR count). The van der Waals surface area contributed by atoms with Gasteiger partial charge in [-0.05, 0) is 13.8 Å². The van der Waals surface area contributed by atoms with E-state index in [0.29, 0.717) is 26.1 Å². The van der Waals surface area contributed by atoms with E-state index in [4.69, 9.17) is 4.74 Å². The summed E-state index contributed by atoms with van der Waals surface area (Å²) >= 11 is 0. The molecule has 3 aliphatic heterocycles. The van der Waals surface area contributed by atoms with Crippen molar-refractivity contribution in [3.05, 3.63) is 0 Å². The van der Waals surface area contributed by atoms with Gasteiger partial charge in [0.1, 0.15) is 12.1 Å². The van der Waals surface area contributed by atoms with Gasteiger partial charge in [0, 0.05) is 39.2 Å². The number of hydrogen-bond acceptors (Lipinski definition) is 4. The summed E-state index contributed by atoms with van der Waals surface area (Å²) in [5.41, 5.74) is 0. The third kappa shape index (κ3) is 2.75. The summed E-state index contributed by atoms with van der Waals surface area (Å²) in [5.74, 6) is -0.0886. The van der Waals surface area contributed by atoms with Crippen LogP contribution in [0.3, 0.4) is 0 Å². The molecule has 0 saturated carbocycles. The van der Waals surface area contributed by atoms with Crippen LogP contribution in [-0.4, -0.2) is 90.1 Å². The van der Waals surface area contributed by atoms with Gasteiger partial charge in [0.15, 0.2) is 0 Å². The molecule has 3 heterocycles. The van der Waals surface area contributed by atoms with E-state index in [1.165, 1.54) is 0 Å². The highest BCUT2D eigenvalue weighted by atomic mass is 16.5. The maximum Gasteiger partial charge on any atom is 0.317 e. The number of carbonyl (C=O) groups excluding carboxylic acids is 3. The Morgan fingerprint density at radius 2 is 1.83 bits per heavy atom. The molecule has 3 atom stereocenters. The van der Waals surface area contributed by atoms with E-state index in [2.05, 4.69) is 5.32 Å². The second-order valence-corrected chi connectivity index (χ2v) is 6.70. The van der Waals surface area contributed by atoms with Gasteiger partial charge in [-0.15, -0.1) is 0 Å². The summed E-state index contributed by atoms with van der Waals surface area (Å²) in [4.78, 5) is 42.5. The van der Waals surface area contributed by atoms with Gasteiger partial charge in [-0.25, -0.2) is 4.79 Å². The number of nitrogens with zero attached hydrogens (tertiary/aromatic N) is 3. The molecule has 8 heteroatoms. The molecule has 0 spiro atoms. The highest BCUT2D eigenvalue weighted by molar-refractivity contribution is 5.98. The lowest BCUT2D eigenvalue weighted by Crippen LogP contribution is -2.69. The van der Waals surface area contributed by atoms with Crippen molar-refractivity contribution in [2.24, 2.45) is 0 Å². The zero-order valence-electron chi connectivity index (χ0n) is 13.8. The van der Waals surface area contributed by atoms with Crippen LogP contribution in [0.15, 0.2) is 0 Å². The lowest BCUT2D eigenvalue weighted by atomic mass is 10.0. The van der Waals surface area contributed by atoms with Gasteiger partial charge in [0.25, 0.3) is 0 Å². The molecule has 8 nitrogen and oxygen atoms in total. The van der Waals surface area contributed by atoms with Gasteiger partial charge >= 0.3 is 6.03 Å².